The van der Waals surface area contributed by atoms with Gasteiger partial charge >= 0.3 is 7.82 Å². The number of unbranched alkanes of at least 4 members (excludes halogenated alkanes) is 25. The van der Waals surface area contributed by atoms with Gasteiger partial charge in [0.05, 0.1) is 31.3 Å². The third-order valence-electron chi connectivity index (χ3n) is 11.5. The lowest BCUT2D eigenvalue weighted by molar-refractivity contribution is -0.220. The Morgan fingerprint density at radius 1 is 0.544 bits per heavy atom. The second-order valence-corrected chi connectivity index (χ2v) is 18.2. The van der Waals surface area contributed by atoms with Crippen molar-refractivity contribution >= 4 is 13.7 Å². The molecule has 1 aliphatic carbocycles. The zero-order valence-corrected chi connectivity index (χ0v) is 36.7. The Hall–Kier alpha value is -0.700. The summed E-state index contributed by atoms with van der Waals surface area (Å²) in [6, 6.07) is -1.15. The summed E-state index contributed by atoms with van der Waals surface area (Å²) >= 11 is 0. The van der Waals surface area contributed by atoms with Crippen LogP contribution in [0.15, 0.2) is 0 Å². The lowest BCUT2D eigenvalue weighted by Crippen LogP contribution is -2.64. The number of aliphatic hydroxyl groups is 7. The molecular formula is C43H86NO12P. The molecule has 1 fully saturated rings. The minimum Gasteiger partial charge on any atom is -0.393 e. The van der Waals surface area contributed by atoms with Crippen molar-refractivity contribution < 1.29 is 59.0 Å². The van der Waals surface area contributed by atoms with Gasteiger partial charge in [0.1, 0.15) is 36.6 Å². The SMILES string of the molecule is CCCCCCCCCCCCCCCCCCC(O)C(COP(=O)(O)OC1C(O)C(O)C(O)C(O)C1O)NC(=O)CC(O)CCCCCCCCCCCCC. The highest BCUT2D eigenvalue weighted by molar-refractivity contribution is 7.47. The van der Waals surface area contributed by atoms with Gasteiger partial charge in [0, 0.05) is 0 Å². The molecule has 8 atom stereocenters. The average molecular weight is 840 g/mol. The largest absolute Gasteiger partial charge is 0.472 e. The fraction of sp³-hybridized carbons (Fsp3) is 0.977. The summed E-state index contributed by atoms with van der Waals surface area (Å²) in [6.45, 7) is 3.78. The monoisotopic (exact) mass is 840 g/mol. The van der Waals surface area contributed by atoms with Crippen molar-refractivity contribution in [1.29, 1.82) is 0 Å². The molecule has 1 amide bonds. The fourth-order valence-corrected chi connectivity index (χ4v) is 8.62. The number of rotatable bonds is 38. The summed E-state index contributed by atoms with van der Waals surface area (Å²) in [4.78, 5) is 23.4. The molecule has 1 rings (SSSR count). The summed E-state index contributed by atoms with van der Waals surface area (Å²) in [5.41, 5.74) is 0. The molecule has 13 nitrogen and oxygen atoms in total. The third kappa shape index (κ3) is 26.3. The second kappa shape index (κ2) is 34.0. The molecule has 0 aromatic heterocycles. The predicted octanol–water partition coefficient (Wildman–Crippen LogP) is 7.26. The molecule has 1 saturated carbocycles. The van der Waals surface area contributed by atoms with Crippen LogP contribution in [-0.2, 0) is 18.4 Å². The Bertz CT molecular complexity index is 995. The number of hydrogen-bond acceptors (Lipinski definition) is 11. The molecule has 0 saturated heterocycles. The van der Waals surface area contributed by atoms with Crippen LogP contribution in [0.4, 0.5) is 0 Å². The van der Waals surface area contributed by atoms with Crippen molar-refractivity contribution in [2.75, 3.05) is 6.61 Å². The average Bonchev–Trinajstić information content (AvgIpc) is 3.18. The van der Waals surface area contributed by atoms with E-state index in [1.807, 2.05) is 0 Å². The summed E-state index contributed by atoms with van der Waals surface area (Å²) < 4.78 is 22.9. The smallest absolute Gasteiger partial charge is 0.393 e. The highest BCUT2D eigenvalue weighted by atomic mass is 31.2. The first-order valence-corrected chi connectivity index (χ1v) is 24.6. The van der Waals surface area contributed by atoms with Crippen LogP contribution in [0, 0.1) is 0 Å². The maximum Gasteiger partial charge on any atom is 0.472 e. The lowest BCUT2D eigenvalue weighted by atomic mass is 9.85. The third-order valence-corrected chi connectivity index (χ3v) is 12.5. The molecule has 14 heteroatoms. The van der Waals surface area contributed by atoms with E-state index in [-0.39, 0.29) is 12.8 Å². The summed E-state index contributed by atoms with van der Waals surface area (Å²) in [5.74, 6) is -0.558. The van der Waals surface area contributed by atoms with Crippen molar-refractivity contribution in [3.8, 4) is 0 Å². The van der Waals surface area contributed by atoms with Gasteiger partial charge in [0.2, 0.25) is 5.91 Å². The zero-order chi connectivity index (χ0) is 42.3. The van der Waals surface area contributed by atoms with Crippen LogP contribution in [0.3, 0.4) is 0 Å². The van der Waals surface area contributed by atoms with Crippen molar-refractivity contribution in [2.24, 2.45) is 0 Å². The predicted molar refractivity (Wildman–Crippen MR) is 224 cm³/mol. The Balaban J connectivity index is 2.53. The molecule has 0 bridgehead atoms. The maximum absolute atomic E-state index is 13.0. The number of aliphatic hydroxyl groups excluding tert-OH is 7. The molecule has 0 radical (unpaired) electrons. The van der Waals surface area contributed by atoms with Gasteiger partial charge in [0.25, 0.3) is 0 Å². The molecular weight excluding hydrogens is 753 g/mol. The van der Waals surface area contributed by atoms with E-state index in [1.54, 1.807) is 0 Å². The van der Waals surface area contributed by atoms with E-state index in [4.69, 9.17) is 9.05 Å². The first kappa shape index (κ1) is 54.3. The molecule has 0 aliphatic heterocycles. The van der Waals surface area contributed by atoms with E-state index in [0.29, 0.717) is 12.8 Å². The fourth-order valence-electron chi connectivity index (χ4n) is 7.66. The van der Waals surface area contributed by atoms with Gasteiger partial charge < -0.3 is 46.0 Å². The summed E-state index contributed by atoms with van der Waals surface area (Å²) in [5, 5.41) is 74.5. The van der Waals surface area contributed by atoms with Crippen LogP contribution >= 0.6 is 7.82 Å². The standard InChI is InChI=1S/C43H86NO12P/c1-3-5-7-9-11-13-15-16-17-18-19-21-23-25-27-29-31-36(46)35(33-55-57(53,54)56-43-41(51)39(49)38(48)40(50)42(43)52)44-37(47)32-34(45)30-28-26-24-22-20-14-12-10-8-6-4-2/h34-36,38-43,45-46,48-52H,3-33H2,1-2H3,(H,44,47)(H,53,54). The molecule has 0 aromatic rings. The van der Waals surface area contributed by atoms with E-state index >= 15 is 0 Å². The minimum atomic E-state index is -5.11. The molecule has 1 aliphatic rings. The molecule has 0 aromatic carbocycles. The normalized spacial score (nSPS) is 23.9. The van der Waals surface area contributed by atoms with E-state index in [1.165, 1.54) is 116 Å². The molecule has 9 N–H and O–H groups in total. The maximum atomic E-state index is 13.0. The van der Waals surface area contributed by atoms with Crippen LogP contribution in [0.25, 0.3) is 0 Å². The van der Waals surface area contributed by atoms with E-state index in [9.17, 15) is 50.0 Å². The number of hydrogen-bond donors (Lipinski definition) is 9. The van der Waals surface area contributed by atoms with E-state index < -0.39 is 75.2 Å². The van der Waals surface area contributed by atoms with Crippen LogP contribution in [0.5, 0.6) is 0 Å². The van der Waals surface area contributed by atoms with Gasteiger partial charge in [-0.05, 0) is 12.8 Å². The van der Waals surface area contributed by atoms with Crippen LogP contribution in [0.2, 0.25) is 0 Å². The van der Waals surface area contributed by atoms with Gasteiger partial charge in [-0.2, -0.15) is 0 Å². The highest BCUT2D eigenvalue weighted by Crippen LogP contribution is 2.47. The minimum absolute atomic E-state index is 0.216. The second-order valence-electron chi connectivity index (χ2n) is 16.8. The van der Waals surface area contributed by atoms with Gasteiger partial charge in [0.15, 0.2) is 0 Å². The molecule has 340 valence electrons. The highest BCUT2D eigenvalue weighted by Gasteiger charge is 2.51. The molecule has 8 unspecified atom stereocenters. The molecule has 57 heavy (non-hydrogen) atoms. The first-order chi connectivity index (χ1) is 27.3. The number of amides is 1. The van der Waals surface area contributed by atoms with Crippen molar-refractivity contribution in [1.82, 2.24) is 5.32 Å². The van der Waals surface area contributed by atoms with Crippen LogP contribution in [-0.4, -0.2) is 108 Å². The zero-order valence-electron chi connectivity index (χ0n) is 35.8. The van der Waals surface area contributed by atoms with Gasteiger partial charge in [-0.3, -0.25) is 13.8 Å². The topological polar surface area (TPSA) is 226 Å². The van der Waals surface area contributed by atoms with Crippen LogP contribution < -0.4 is 5.32 Å². The number of carbonyl (C=O) groups is 1. The molecule has 0 heterocycles. The Morgan fingerprint density at radius 3 is 1.26 bits per heavy atom. The van der Waals surface area contributed by atoms with E-state index in [2.05, 4.69) is 19.2 Å². The van der Waals surface area contributed by atoms with Gasteiger partial charge in [-0.1, -0.05) is 187 Å². The Labute approximate surface area is 345 Å². The van der Waals surface area contributed by atoms with Crippen LogP contribution in [0.1, 0.15) is 206 Å². The van der Waals surface area contributed by atoms with Gasteiger partial charge in [-0.25, -0.2) is 4.57 Å². The van der Waals surface area contributed by atoms with Crippen molar-refractivity contribution in [2.45, 2.75) is 261 Å². The summed E-state index contributed by atoms with van der Waals surface area (Å²) in [7, 11) is -5.11. The number of phosphoric ester groups is 1. The number of phosphoric acid groups is 1. The van der Waals surface area contributed by atoms with E-state index in [0.717, 1.165) is 51.4 Å². The van der Waals surface area contributed by atoms with Gasteiger partial charge in [-0.15, -0.1) is 0 Å². The Kier molecular flexibility index (Phi) is 32.4. The number of nitrogens with one attached hydrogen (secondary N) is 1. The molecule has 0 spiro atoms. The lowest BCUT2D eigenvalue weighted by Gasteiger charge is -2.41. The summed E-state index contributed by atoms with van der Waals surface area (Å²) in [6.07, 6.45) is 18.7. The number of carbonyl (C=O) groups excluding carboxylic acids is 1. The Morgan fingerprint density at radius 2 is 0.877 bits per heavy atom. The first-order valence-electron chi connectivity index (χ1n) is 23.1. The van der Waals surface area contributed by atoms with Crippen molar-refractivity contribution in [3.05, 3.63) is 0 Å². The quantitative estimate of drug-likeness (QED) is 0.0221. The van der Waals surface area contributed by atoms with Crippen molar-refractivity contribution in [3.63, 3.8) is 0 Å².